The Morgan fingerprint density at radius 1 is 0.404 bits per heavy atom. The third-order valence-corrected chi connectivity index (χ3v) is 11.6. The van der Waals surface area contributed by atoms with Crippen LogP contribution in [0.4, 0.5) is 11.4 Å². The highest BCUT2D eigenvalue weighted by Gasteiger charge is 2.52. The van der Waals surface area contributed by atoms with Crippen molar-refractivity contribution in [1.82, 2.24) is 4.57 Å². The zero-order valence-corrected chi connectivity index (χ0v) is 28.8. The monoisotopic (exact) mass is 662 g/mol. The normalized spacial score (nSPS) is 13.2. The summed E-state index contributed by atoms with van der Waals surface area (Å²) in [6.07, 6.45) is 0. The van der Waals surface area contributed by atoms with Crippen LogP contribution in [-0.4, -0.2) is 11.6 Å². The van der Waals surface area contributed by atoms with Gasteiger partial charge in [0, 0.05) is 40.4 Å². The van der Waals surface area contributed by atoms with Gasteiger partial charge < -0.3 is 9.47 Å². The molecule has 2 nitrogen and oxygen atoms in total. The first-order chi connectivity index (χ1) is 25.7. The lowest BCUT2D eigenvalue weighted by Crippen LogP contribution is -2.26. The fourth-order valence-electron chi connectivity index (χ4n) is 9.43. The van der Waals surface area contributed by atoms with Crippen molar-refractivity contribution in [3.63, 3.8) is 0 Å². The van der Waals surface area contributed by atoms with Crippen molar-refractivity contribution in [2.75, 3.05) is 11.9 Å². The highest BCUT2D eigenvalue weighted by atomic mass is 15.1. The molecule has 1 heterocycles. The van der Waals surface area contributed by atoms with E-state index in [-0.39, 0.29) is 0 Å². The molecule has 0 atom stereocenters. The van der Waals surface area contributed by atoms with Crippen molar-refractivity contribution in [2.24, 2.45) is 0 Å². The molecule has 2 aliphatic carbocycles. The van der Waals surface area contributed by atoms with Gasteiger partial charge in [0.05, 0.1) is 16.4 Å². The van der Waals surface area contributed by atoms with Crippen LogP contribution in [0, 0.1) is 0 Å². The van der Waals surface area contributed by atoms with Gasteiger partial charge in [-0.15, -0.1) is 0 Å². The lowest BCUT2D eigenvalue weighted by molar-refractivity contribution is 0.792. The largest absolute Gasteiger partial charge is 0.344 e. The minimum atomic E-state index is -0.470. The molecule has 11 rings (SSSR count). The van der Waals surface area contributed by atoms with E-state index < -0.39 is 5.41 Å². The average Bonchev–Trinajstić information content (AvgIpc) is 3.82. The van der Waals surface area contributed by atoms with Crippen LogP contribution in [0.3, 0.4) is 0 Å². The molecule has 0 fully saturated rings. The molecule has 0 N–H and O–H groups in total. The van der Waals surface area contributed by atoms with Crippen LogP contribution in [0.25, 0.3) is 60.9 Å². The number of aromatic nitrogens is 1. The molecule has 0 aliphatic heterocycles. The average molecular weight is 663 g/mol. The molecule has 1 aromatic heterocycles. The van der Waals surface area contributed by atoms with E-state index in [4.69, 9.17) is 0 Å². The first kappa shape index (κ1) is 29.1. The van der Waals surface area contributed by atoms with Crippen LogP contribution in [0.5, 0.6) is 0 Å². The van der Waals surface area contributed by atoms with E-state index in [1.165, 1.54) is 94.5 Å². The number of para-hydroxylation sites is 3. The Hall–Kier alpha value is -6.64. The molecule has 2 heteroatoms. The SMILES string of the molecule is CN(c1ccc2c(c1)C1(c3ccccc3-c3ccccc31)c1cc(-n3c4ccccc4c4ccccc43)ccc1-2)c1ccccc1-c1ccccc1. The van der Waals surface area contributed by atoms with E-state index in [1.807, 2.05) is 0 Å². The molecule has 8 aromatic carbocycles. The molecular weight excluding hydrogens is 629 g/mol. The zero-order valence-electron chi connectivity index (χ0n) is 28.8. The van der Waals surface area contributed by atoms with Gasteiger partial charge in [-0.1, -0.05) is 146 Å². The summed E-state index contributed by atoms with van der Waals surface area (Å²) < 4.78 is 2.45. The fourth-order valence-corrected chi connectivity index (χ4v) is 9.43. The maximum atomic E-state index is 2.49. The molecule has 52 heavy (non-hydrogen) atoms. The first-order valence-electron chi connectivity index (χ1n) is 18.1. The maximum Gasteiger partial charge on any atom is 0.0727 e. The number of rotatable bonds is 4. The van der Waals surface area contributed by atoms with E-state index in [0.29, 0.717) is 0 Å². The molecule has 244 valence electrons. The first-order valence-corrected chi connectivity index (χ1v) is 18.1. The number of fused-ring (bicyclic) bond motifs is 13. The second-order valence-corrected chi connectivity index (χ2v) is 14.1. The van der Waals surface area contributed by atoms with Crippen LogP contribution in [0.2, 0.25) is 0 Å². The van der Waals surface area contributed by atoms with Crippen molar-refractivity contribution in [3.05, 3.63) is 210 Å². The summed E-state index contributed by atoms with van der Waals surface area (Å²) >= 11 is 0. The standard InChI is InChI=1S/C50H34N2/c1-51(47-24-12-7-17-36(47)33-15-3-2-4-16-33)34-27-29-39-40-30-28-35(52-48-25-13-8-20-41(48)42-21-9-14-26-49(42)52)32-46(40)50(45(39)31-34)43-22-10-5-18-37(43)38-19-6-11-23-44(38)50/h2-32H,1H3. The number of hydrogen-bond acceptors (Lipinski definition) is 1. The van der Waals surface area contributed by atoms with Gasteiger partial charge in [-0.2, -0.15) is 0 Å². The van der Waals surface area contributed by atoms with Gasteiger partial charge in [0.1, 0.15) is 0 Å². The highest BCUT2D eigenvalue weighted by Crippen LogP contribution is 2.63. The van der Waals surface area contributed by atoms with Crippen molar-refractivity contribution >= 4 is 33.2 Å². The van der Waals surface area contributed by atoms with E-state index in [2.05, 4.69) is 205 Å². The van der Waals surface area contributed by atoms with Gasteiger partial charge in [-0.3, -0.25) is 0 Å². The molecule has 0 unspecified atom stereocenters. The Bertz CT molecular complexity index is 2780. The van der Waals surface area contributed by atoms with E-state index in [0.717, 1.165) is 0 Å². The second-order valence-electron chi connectivity index (χ2n) is 14.1. The van der Waals surface area contributed by atoms with E-state index >= 15 is 0 Å². The van der Waals surface area contributed by atoms with Gasteiger partial charge in [0.2, 0.25) is 0 Å². The molecule has 0 saturated carbocycles. The summed E-state index contributed by atoms with van der Waals surface area (Å²) in [7, 11) is 2.20. The summed E-state index contributed by atoms with van der Waals surface area (Å²) in [6.45, 7) is 0. The molecular formula is C50H34N2. The van der Waals surface area contributed by atoms with Crippen LogP contribution in [0.1, 0.15) is 22.3 Å². The number of anilines is 2. The van der Waals surface area contributed by atoms with Gasteiger partial charge in [0.25, 0.3) is 0 Å². The lowest BCUT2D eigenvalue weighted by atomic mass is 9.70. The Kier molecular flexibility index (Phi) is 6.12. The maximum absolute atomic E-state index is 2.49. The topological polar surface area (TPSA) is 8.17 Å². The number of benzene rings is 8. The minimum Gasteiger partial charge on any atom is -0.344 e. The van der Waals surface area contributed by atoms with Crippen molar-refractivity contribution in [1.29, 1.82) is 0 Å². The van der Waals surface area contributed by atoms with Gasteiger partial charge >= 0.3 is 0 Å². The zero-order chi connectivity index (χ0) is 34.4. The van der Waals surface area contributed by atoms with Crippen LogP contribution < -0.4 is 4.90 Å². The minimum absolute atomic E-state index is 0.470. The van der Waals surface area contributed by atoms with Crippen LogP contribution in [0.15, 0.2) is 188 Å². The third kappa shape index (κ3) is 3.84. The Labute approximate surface area is 303 Å². The van der Waals surface area contributed by atoms with Crippen molar-refractivity contribution in [2.45, 2.75) is 5.41 Å². The van der Waals surface area contributed by atoms with Crippen molar-refractivity contribution in [3.8, 4) is 39.1 Å². The molecule has 9 aromatic rings. The highest BCUT2D eigenvalue weighted by molar-refractivity contribution is 6.09. The number of hydrogen-bond donors (Lipinski definition) is 0. The number of nitrogens with zero attached hydrogens (tertiary/aromatic N) is 2. The predicted molar refractivity (Wildman–Crippen MR) is 217 cm³/mol. The summed E-state index contributed by atoms with van der Waals surface area (Å²) in [5.74, 6) is 0. The fraction of sp³-hybridized carbons (Fsp3) is 0.0400. The summed E-state index contributed by atoms with van der Waals surface area (Å²) in [5.41, 5.74) is 18.5. The van der Waals surface area contributed by atoms with E-state index in [9.17, 15) is 0 Å². The smallest absolute Gasteiger partial charge is 0.0727 e. The predicted octanol–water partition coefficient (Wildman–Crippen LogP) is 12.6. The Morgan fingerprint density at radius 3 is 1.58 bits per heavy atom. The molecule has 0 bridgehead atoms. The van der Waals surface area contributed by atoms with Gasteiger partial charge in [-0.25, -0.2) is 0 Å². The van der Waals surface area contributed by atoms with Crippen LogP contribution >= 0.6 is 0 Å². The summed E-state index contributed by atoms with van der Waals surface area (Å²) in [6, 6.07) is 69.5. The molecule has 1 spiro atoms. The van der Waals surface area contributed by atoms with Crippen LogP contribution in [-0.2, 0) is 5.41 Å². The molecule has 0 radical (unpaired) electrons. The molecule has 0 saturated heterocycles. The van der Waals surface area contributed by atoms with Crippen molar-refractivity contribution < 1.29 is 0 Å². The van der Waals surface area contributed by atoms with Gasteiger partial charge in [-0.05, 0) is 92.5 Å². The quantitative estimate of drug-likeness (QED) is 0.182. The molecule has 0 amide bonds. The third-order valence-electron chi connectivity index (χ3n) is 11.6. The summed E-state index contributed by atoms with van der Waals surface area (Å²) in [4.78, 5) is 2.36. The molecule has 2 aliphatic rings. The second kappa shape index (κ2) is 10.9. The Morgan fingerprint density at radius 2 is 0.904 bits per heavy atom. The Balaban J connectivity index is 1.18. The van der Waals surface area contributed by atoms with Gasteiger partial charge in [0.15, 0.2) is 0 Å². The van der Waals surface area contributed by atoms with E-state index in [1.54, 1.807) is 0 Å². The summed E-state index contributed by atoms with van der Waals surface area (Å²) in [5, 5.41) is 2.55. The lowest BCUT2D eigenvalue weighted by Gasteiger charge is -2.32.